The second-order valence-electron chi connectivity index (χ2n) is 5.42. The maximum atomic E-state index is 5.71. The van der Waals surface area contributed by atoms with Crippen molar-refractivity contribution >= 4 is 5.69 Å². The van der Waals surface area contributed by atoms with Gasteiger partial charge in [0.1, 0.15) is 0 Å². The quantitative estimate of drug-likeness (QED) is 0.728. The third-order valence-corrected chi connectivity index (χ3v) is 3.50. The van der Waals surface area contributed by atoms with Crippen molar-refractivity contribution in [2.24, 2.45) is 5.92 Å². The molecule has 0 saturated heterocycles. The minimum absolute atomic E-state index is 0.799. The number of nitrogens with zero attached hydrogens (tertiary/aromatic N) is 2. The third-order valence-electron chi connectivity index (χ3n) is 3.50. The first-order chi connectivity index (χ1) is 9.20. The summed E-state index contributed by atoms with van der Waals surface area (Å²) in [5, 5.41) is 3.19. The summed E-state index contributed by atoms with van der Waals surface area (Å²) >= 11 is 0. The fourth-order valence-electron chi connectivity index (χ4n) is 2.11. The van der Waals surface area contributed by atoms with E-state index in [0.717, 1.165) is 37.9 Å². The Morgan fingerprint density at radius 2 is 2.26 bits per heavy atom. The van der Waals surface area contributed by atoms with Crippen molar-refractivity contribution in [2.75, 3.05) is 38.8 Å². The maximum Gasteiger partial charge on any atom is 0.0641 e. The number of aromatic nitrogens is 1. The molecule has 0 aliphatic heterocycles. The van der Waals surface area contributed by atoms with E-state index < -0.39 is 0 Å². The van der Waals surface area contributed by atoms with Gasteiger partial charge < -0.3 is 15.0 Å². The SMILES string of the molecule is CNCc1cnc(C)cc1N(C)CCOCC1CC1. The molecule has 4 nitrogen and oxygen atoms in total. The van der Waals surface area contributed by atoms with Crippen molar-refractivity contribution in [1.29, 1.82) is 0 Å². The Morgan fingerprint density at radius 3 is 2.95 bits per heavy atom. The van der Waals surface area contributed by atoms with Gasteiger partial charge in [-0.05, 0) is 38.8 Å². The first kappa shape index (κ1) is 14.3. The van der Waals surface area contributed by atoms with Gasteiger partial charge in [0.15, 0.2) is 0 Å². The van der Waals surface area contributed by atoms with Crippen LogP contribution in [0.5, 0.6) is 0 Å². The van der Waals surface area contributed by atoms with E-state index in [1.54, 1.807) is 0 Å². The second kappa shape index (κ2) is 6.87. The summed E-state index contributed by atoms with van der Waals surface area (Å²) in [6.45, 7) is 5.53. The van der Waals surface area contributed by atoms with Crippen LogP contribution in [0.4, 0.5) is 5.69 Å². The summed E-state index contributed by atoms with van der Waals surface area (Å²) in [5.74, 6) is 0.841. The van der Waals surface area contributed by atoms with Crippen LogP contribution in [-0.4, -0.2) is 38.8 Å². The Kier molecular flexibility index (Phi) is 5.16. The molecular formula is C15H25N3O. The Morgan fingerprint density at radius 1 is 1.47 bits per heavy atom. The number of rotatable bonds is 8. The number of aryl methyl sites for hydroxylation is 1. The van der Waals surface area contributed by atoms with Crippen LogP contribution in [0, 0.1) is 12.8 Å². The lowest BCUT2D eigenvalue weighted by Crippen LogP contribution is -2.25. The first-order valence-electron chi connectivity index (χ1n) is 7.09. The molecule has 0 atom stereocenters. The Bertz CT molecular complexity index is 404. The first-order valence-corrected chi connectivity index (χ1v) is 7.09. The standard InChI is InChI=1S/C15H25N3O/c1-12-8-15(14(9-16-2)10-17-12)18(3)6-7-19-11-13-4-5-13/h8,10,13,16H,4-7,9,11H2,1-3H3. The van der Waals surface area contributed by atoms with Crippen molar-refractivity contribution in [3.63, 3.8) is 0 Å². The highest BCUT2D eigenvalue weighted by molar-refractivity contribution is 5.53. The molecule has 0 aromatic carbocycles. The summed E-state index contributed by atoms with van der Waals surface area (Å²) in [6.07, 6.45) is 4.67. The Hall–Kier alpha value is -1.13. The molecule has 1 aliphatic rings. The summed E-state index contributed by atoms with van der Waals surface area (Å²) in [6, 6.07) is 2.15. The summed E-state index contributed by atoms with van der Waals surface area (Å²) < 4.78 is 5.71. The second-order valence-corrected chi connectivity index (χ2v) is 5.42. The highest BCUT2D eigenvalue weighted by Gasteiger charge is 2.21. The molecule has 19 heavy (non-hydrogen) atoms. The number of pyridine rings is 1. The van der Waals surface area contributed by atoms with E-state index in [9.17, 15) is 0 Å². The molecule has 2 rings (SSSR count). The molecule has 1 saturated carbocycles. The Balaban J connectivity index is 1.87. The lowest BCUT2D eigenvalue weighted by atomic mass is 10.2. The molecule has 1 aliphatic carbocycles. The van der Waals surface area contributed by atoms with E-state index in [2.05, 4.69) is 28.3 Å². The van der Waals surface area contributed by atoms with Crippen LogP contribution in [-0.2, 0) is 11.3 Å². The fraction of sp³-hybridized carbons (Fsp3) is 0.667. The average molecular weight is 263 g/mol. The molecular weight excluding hydrogens is 238 g/mol. The maximum absolute atomic E-state index is 5.71. The van der Waals surface area contributed by atoms with E-state index >= 15 is 0 Å². The predicted octanol–water partition coefficient (Wildman–Crippen LogP) is 1.97. The molecule has 1 N–H and O–H groups in total. The normalized spacial score (nSPS) is 14.7. The number of likely N-dealkylation sites (N-methyl/N-ethyl adjacent to an activating group) is 1. The van der Waals surface area contributed by atoms with Gasteiger partial charge in [0, 0.05) is 49.9 Å². The van der Waals surface area contributed by atoms with Gasteiger partial charge in [-0.15, -0.1) is 0 Å². The van der Waals surface area contributed by atoms with Gasteiger partial charge >= 0.3 is 0 Å². The van der Waals surface area contributed by atoms with Crippen molar-refractivity contribution in [3.8, 4) is 0 Å². The lowest BCUT2D eigenvalue weighted by Gasteiger charge is -2.22. The van der Waals surface area contributed by atoms with Crippen molar-refractivity contribution < 1.29 is 4.74 Å². The van der Waals surface area contributed by atoms with Crippen molar-refractivity contribution in [3.05, 3.63) is 23.5 Å². The molecule has 1 aromatic rings. The van der Waals surface area contributed by atoms with E-state index in [4.69, 9.17) is 4.74 Å². The number of ether oxygens (including phenoxy) is 1. The molecule has 0 amide bonds. The molecule has 0 radical (unpaired) electrons. The van der Waals surface area contributed by atoms with Crippen molar-refractivity contribution in [1.82, 2.24) is 10.3 Å². The van der Waals surface area contributed by atoms with E-state index in [-0.39, 0.29) is 0 Å². The molecule has 0 bridgehead atoms. The number of hydrogen-bond donors (Lipinski definition) is 1. The molecule has 0 unspecified atom stereocenters. The lowest BCUT2D eigenvalue weighted by molar-refractivity contribution is 0.131. The molecule has 1 heterocycles. The van der Waals surface area contributed by atoms with Gasteiger partial charge in [-0.1, -0.05) is 0 Å². The third kappa shape index (κ3) is 4.48. The Labute approximate surface area is 116 Å². The number of hydrogen-bond acceptors (Lipinski definition) is 4. The van der Waals surface area contributed by atoms with Gasteiger partial charge in [-0.3, -0.25) is 4.98 Å². The number of anilines is 1. The minimum Gasteiger partial charge on any atom is -0.379 e. The summed E-state index contributed by atoms with van der Waals surface area (Å²) in [5.41, 5.74) is 3.54. The van der Waals surface area contributed by atoms with E-state index in [0.29, 0.717) is 0 Å². The average Bonchev–Trinajstić information content (AvgIpc) is 3.21. The largest absolute Gasteiger partial charge is 0.379 e. The monoisotopic (exact) mass is 263 g/mol. The molecule has 106 valence electrons. The van der Waals surface area contributed by atoms with Crippen LogP contribution in [0.2, 0.25) is 0 Å². The summed E-state index contributed by atoms with van der Waals surface area (Å²) in [7, 11) is 4.08. The highest BCUT2D eigenvalue weighted by atomic mass is 16.5. The summed E-state index contributed by atoms with van der Waals surface area (Å²) in [4.78, 5) is 6.63. The zero-order valence-corrected chi connectivity index (χ0v) is 12.3. The van der Waals surface area contributed by atoms with Gasteiger partial charge in [-0.2, -0.15) is 0 Å². The van der Waals surface area contributed by atoms with Gasteiger partial charge in [0.25, 0.3) is 0 Å². The van der Waals surface area contributed by atoms with Crippen LogP contribution in [0.25, 0.3) is 0 Å². The van der Waals surface area contributed by atoms with Crippen LogP contribution in [0.1, 0.15) is 24.1 Å². The van der Waals surface area contributed by atoms with Crippen LogP contribution in [0.3, 0.4) is 0 Å². The zero-order chi connectivity index (χ0) is 13.7. The van der Waals surface area contributed by atoms with Gasteiger partial charge in [0.05, 0.1) is 6.61 Å². The molecule has 0 spiro atoms. The van der Waals surface area contributed by atoms with Crippen molar-refractivity contribution in [2.45, 2.75) is 26.3 Å². The van der Waals surface area contributed by atoms with E-state index in [1.807, 2.05) is 20.2 Å². The van der Waals surface area contributed by atoms with Crippen LogP contribution < -0.4 is 10.2 Å². The predicted molar refractivity (Wildman–Crippen MR) is 78.6 cm³/mol. The van der Waals surface area contributed by atoms with Crippen LogP contribution in [0.15, 0.2) is 12.3 Å². The zero-order valence-electron chi connectivity index (χ0n) is 12.3. The topological polar surface area (TPSA) is 37.4 Å². The van der Waals surface area contributed by atoms with Crippen LogP contribution >= 0.6 is 0 Å². The molecule has 4 heteroatoms. The minimum atomic E-state index is 0.799. The van der Waals surface area contributed by atoms with Gasteiger partial charge in [-0.25, -0.2) is 0 Å². The molecule has 1 fully saturated rings. The highest BCUT2D eigenvalue weighted by Crippen LogP contribution is 2.28. The molecule has 1 aromatic heterocycles. The number of nitrogens with one attached hydrogen (secondary N) is 1. The fourth-order valence-corrected chi connectivity index (χ4v) is 2.11. The van der Waals surface area contributed by atoms with E-state index in [1.165, 1.54) is 24.1 Å². The smallest absolute Gasteiger partial charge is 0.0641 e. The van der Waals surface area contributed by atoms with Gasteiger partial charge in [0.2, 0.25) is 0 Å².